The fourth-order valence-corrected chi connectivity index (χ4v) is 5.33. The quantitative estimate of drug-likeness (QED) is 0.314. The van der Waals surface area contributed by atoms with Gasteiger partial charge in [0.25, 0.3) is 0 Å². The van der Waals surface area contributed by atoms with E-state index >= 15 is 0 Å². The van der Waals surface area contributed by atoms with E-state index in [9.17, 15) is 0 Å². The molecule has 114 valence electrons. The molecule has 0 N–H and O–H groups in total. The second-order valence-electron chi connectivity index (χ2n) is 6.15. The van der Waals surface area contributed by atoms with E-state index in [1.165, 1.54) is 22.9 Å². The topological polar surface area (TPSA) is 25.8 Å². The van der Waals surface area contributed by atoms with Crippen LogP contribution in [-0.2, 0) is 18.3 Å². The molecule has 1 aromatic carbocycles. The maximum Gasteiger partial charge on any atom is 0.188 e. The number of thioether (sulfide) groups is 1. The average molecular weight is 351 g/mol. The van der Waals surface area contributed by atoms with Crippen molar-refractivity contribution in [2.24, 2.45) is 0 Å². The first-order valence-electron chi connectivity index (χ1n) is 7.46. The first-order chi connectivity index (χ1) is 10.6. The number of benzene rings is 1. The van der Waals surface area contributed by atoms with E-state index in [1.54, 1.807) is 0 Å². The molecule has 1 aromatic heterocycles. The number of hydrogen-bond donors (Lipinski definition) is 0. The number of rotatable bonds is 1. The minimum Gasteiger partial charge on any atom is -0.227 e. The fourth-order valence-electron chi connectivity index (χ4n) is 4.00. The molecule has 2 aliphatic carbocycles. The molecule has 2 atom stereocenters. The van der Waals surface area contributed by atoms with Crippen LogP contribution >= 0.6 is 35.0 Å². The summed E-state index contributed by atoms with van der Waals surface area (Å²) < 4.78 is 0. The van der Waals surface area contributed by atoms with Gasteiger partial charge in [0.15, 0.2) is 5.16 Å². The molecule has 4 rings (SSSR count). The first kappa shape index (κ1) is 14.8. The lowest BCUT2D eigenvalue weighted by Gasteiger charge is -2.38. The third-order valence-corrected chi connectivity index (χ3v) is 6.20. The van der Waals surface area contributed by atoms with Crippen molar-refractivity contribution < 1.29 is 0 Å². The molecule has 0 amide bonds. The highest BCUT2D eigenvalue weighted by Gasteiger charge is 2.45. The van der Waals surface area contributed by atoms with Crippen LogP contribution in [0.1, 0.15) is 40.6 Å². The molecule has 0 bridgehead atoms. The van der Waals surface area contributed by atoms with Crippen LogP contribution < -0.4 is 0 Å². The van der Waals surface area contributed by atoms with Gasteiger partial charge >= 0.3 is 0 Å². The summed E-state index contributed by atoms with van der Waals surface area (Å²) >= 11 is 14.6. The predicted octanol–water partition coefficient (Wildman–Crippen LogP) is 4.96. The summed E-state index contributed by atoms with van der Waals surface area (Å²) in [6, 6.07) is 8.75. The van der Waals surface area contributed by atoms with Crippen molar-refractivity contribution in [3.63, 3.8) is 0 Å². The normalized spacial score (nSPS) is 26.0. The molecular weight excluding hydrogens is 335 g/mol. The number of halogens is 2. The van der Waals surface area contributed by atoms with Crippen molar-refractivity contribution in [3.8, 4) is 0 Å². The number of hydrogen-bond acceptors (Lipinski definition) is 3. The Balaban J connectivity index is 1.84. The zero-order valence-electron chi connectivity index (χ0n) is 12.3. The van der Waals surface area contributed by atoms with E-state index in [-0.39, 0.29) is 10.8 Å². The molecule has 2 nitrogen and oxygen atoms in total. The summed E-state index contributed by atoms with van der Waals surface area (Å²) in [7, 11) is 0. The number of fused-ring (bicyclic) bond motifs is 3. The number of alkyl halides is 1. The van der Waals surface area contributed by atoms with Gasteiger partial charge in [-0.2, -0.15) is 0 Å². The molecule has 0 saturated heterocycles. The standard InChI is InChI=1S/C17H16Cl2N2S/c1-22-16-20-13-9-17(8-12(18)14(13)15(19)21-16)7-6-10-4-2-3-5-11(10)17/h2-5,12H,6-9H2,1H3. The summed E-state index contributed by atoms with van der Waals surface area (Å²) in [5, 5.41) is 1.14. The van der Waals surface area contributed by atoms with Gasteiger partial charge in [-0.15, -0.1) is 11.6 Å². The Morgan fingerprint density at radius 3 is 2.91 bits per heavy atom. The van der Waals surface area contributed by atoms with Crippen molar-refractivity contribution >= 4 is 35.0 Å². The van der Waals surface area contributed by atoms with Crippen molar-refractivity contribution in [2.75, 3.05) is 6.26 Å². The third-order valence-electron chi connectivity index (χ3n) is 4.99. The lowest BCUT2D eigenvalue weighted by molar-refractivity contribution is 0.355. The van der Waals surface area contributed by atoms with Crippen LogP contribution in [0.2, 0.25) is 5.15 Å². The molecule has 5 heteroatoms. The molecule has 2 aliphatic rings. The summed E-state index contributed by atoms with van der Waals surface area (Å²) in [5.41, 5.74) is 5.00. The van der Waals surface area contributed by atoms with Gasteiger partial charge in [-0.3, -0.25) is 0 Å². The molecule has 22 heavy (non-hydrogen) atoms. The van der Waals surface area contributed by atoms with Crippen molar-refractivity contribution in [3.05, 3.63) is 51.8 Å². The lowest BCUT2D eigenvalue weighted by atomic mass is 9.69. The summed E-state index contributed by atoms with van der Waals surface area (Å²) in [4.78, 5) is 9.07. The molecule has 0 radical (unpaired) electrons. The maximum atomic E-state index is 6.71. The van der Waals surface area contributed by atoms with Gasteiger partial charge in [0, 0.05) is 11.0 Å². The molecule has 0 saturated carbocycles. The van der Waals surface area contributed by atoms with E-state index in [4.69, 9.17) is 28.2 Å². The van der Waals surface area contributed by atoms with E-state index in [2.05, 4.69) is 29.2 Å². The van der Waals surface area contributed by atoms with Crippen LogP contribution in [0.4, 0.5) is 0 Å². The molecule has 0 aliphatic heterocycles. The van der Waals surface area contributed by atoms with Gasteiger partial charge in [0.05, 0.1) is 11.1 Å². The lowest BCUT2D eigenvalue weighted by Crippen LogP contribution is -2.33. The Bertz CT molecular complexity index is 749. The Morgan fingerprint density at radius 1 is 1.27 bits per heavy atom. The second kappa shape index (κ2) is 5.40. The Labute approximate surface area is 144 Å². The molecule has 0 fully saturated rings. The van der Waals surface area contributed by atoms with Gasteiger partial charge in [0.2, 0.25) is 0 Å². The first-order valence-corrected chi connectivity index (χ1v) is 9.50. The number of nitrogens with zero attached hydrogens (tertiary/aromatic N) is 2. The highest BCUT2D eigenvalue weighted by atomic mass is 35.5. The number of aryl methyl sites for hydroxylation is 1. The van der Waals surface area contributed by atoms with Crippen LogP contribution in [-0.4, -0.2) is 16.2 Å². The van der Waals surface area contributed by atoms with Gasteiger partial charge in [-0.25, -0.2) is 9.97 Å². The van der Waals surface area contributed by atoms with E-state index in [0.29, 0.717) is 5.15 Å². The van der Waals surface area contributed by atoms with Crippen LogP contribution in [0.3, 0.4) is 0 Å². The van der Waals surface area contributed by atoms with Crippen LogP contribution in [0.25, 0.3) is 0 Å². The molecule has 2 aromatic rings. The van der Waals surface area contributed by atoms with Crippen molar-refractivity contribution in [1.29, 1.82) is 0 Å². The van der Waals surface area contributed by atoms with Crippen molar-refractivity contribution in [2.45, 2.75) is 41.6 Å². The Kier molecular flexibility index (Phi) is 3.63. The fraction of sp³-hybridized carbons (Fsp3) is 0.412. The zero-order chi connectivity index (χ0) is 15.3. The SMILES string of the molecule is CSc1nc(Cl)c2c(n1)CC1(CCc3ccccc31)CC2Cl. The van der Waals surface area contributed by atoms with Gasteiger partial charge in [-0.05, 0) is 43.1 Å². The maximum absolute atomic E-state index is 6.71. The summed E-state index contributed by atoms with van der Waals surface area (Å²) in [5.74, 6) is 0. The summed E-state index contributed by atoms with van der Waals surface area (Å²) in [6.07, 6.45) is 6.08. The smallest absolute Gasteiger partial charge is 0.188 e. The minimum absolute atomic E-state index is 0.113. The van der Waals surface area contributed by atoms with E-state index < -0.39 is 0 Å². The molecule has 1 heterocycles. The highest BCUT2D eigenvalue weighted by Crippen LogP contribution is 2.53. The molecular formula is C17H16Cl2N2S. The highest BCUT2D eigenvalue weighted by molar-refractivity contribution is 7.98. The van der Waals surface area contributed by atoms with E-state index in [1.807, 2.05) is 6.26 Å². The van der Waals surface area contributed by atoms with Crippen LogP contribution in [0, 0.1) is 0 Å². The molecule has 1 spiro atoms. The van der Waals surface area contributed by atoms with Crippen molar-refractivity contribution in [1.82, 2.24) is 9.97 Å². The van der Waals surface area contributed by atoms with Gasteiger partial charge in [0.1, 0.15) is 5.15 Å². The Morgan fingerprint density at radius 2 is 2.09 bits per heavy atom. The van der Waals surface area contributed by atoms with Crippen LogP contribution in [0.15, 0.2) is 29.4 Å². The van der Waals surface area contributed by atoms with Crippen LogP contribution in [0.5, 0.6) is 0 Å². The van der Waals surface area contributed by atoms with Gasteiger partial charge < -0.3 is 0 Å². The second-order valence-corrected chi connectivity index (χ2v) is 7.81. The largest absolute Gasteiger partial charge is 0.227 e. The predicted molar refractivity (Wildman–Crippen MR) is 92.2 cm³/mol. The third kappa shape index (κ3) is 2.17. The number of aromatic nitrogens is 2. The molecule has 2 unspecified atom stereocenters. The monoisotopic (exact) mass is 350 g/mol. The Hall–Kier alpha value is -0.770. The minimum atomic E-state index is -0.113. The van der Waals surface area contributed by atoms with E-state index in [0.717, 1.165) is 42.1 Å². The zero-order valence-corrected chi connectivity index (χ0v) is 14.6. The van der Waals surface area contributed by atoms with Gasteiger partial charge in [-0.1, -0.05) is 47.6 Å². The average Bonchev–Trinajstić information content (AvgIpc) is 2.85. The summed E-state index contributed by atoms with van der Waals surface area (Å²) in [6.45, 7) is 0.